The van der Waals surface area contributed by atoms with E-state index in [-0.39, 0.29) is 16.9 Å². The molecule has 3 rings (SSSR count). The highest BCUT2D eigenvalue weighted by Crippen LogP contribution is 2.31. The molecule has 0 saturated carbocycles. The number of benzene rings is 2. The molecule has 0 aliphatic carbocycles. The first-order chi connectivity index (χ1) is 13.2. The zero-order valence-corrected chi connectivity index (χ0v) is 14.9. The number of hydrogen-bond acceptors (Lipinski definition) is 4. The van der Waals surface area contributed by atoms with Crippen molar-refractivity contribution in [2.45, 2.75) is 12.5 Å². The first-order valence-electron chi connectivity index (χ1n) is 8.13. The zero-order chi connectivity index (χ0) is 20.6. The quantitative estimate of drug-likeness (QED) is 0.627. The van der Waals surface area contributed by atoms with Crippen LogP contribution in [0.1, 0.15) is 22.8 Å². The molecule has 28 heavy (non-hydrogen) atoms. The predicted molar refractivity (Wildman–Crippen MR) is 91.2 cm³/mol. The van der Waals surface area contributed by atoms with E-state index < -0.39 is 47.3 Å². The van der Waals surface area contributed by atoms with Crippen molar-refractivity contribution in [3.8, 4) is 5.75 Å². The third kappa shape index (κ3) is 3.19. The van der Waals surface area contributed by atoms with Gasteiger partial charge in [-0.2, -0.15) is 0 Å². The lowest BCUT2D eigenvalue weighted by Crippen LogP contribution is -2.42. The second-order valence-electron chi connectivity index (χ2n) is 6.34. The Balaban J connectivity index is 1.92. The number of ketones is 1. The number of imide groups is 1. The Kier molecular flexibility index (Phi) is 4.84. The first-order valence-corrected chi connectivity index (χ1v) is 8.13. The first kappa shape index (κ1) is 19.4. The molecule has 1 N–H and O–H groups in total. The van der Waals surface area contributed by atoms with Crippen LogP contribution in [-0.2, 0) is 10.3 Å². The molecule has 1 aliphatic rings. The molecule has 0 aromatic heterocycles. The minimum Gasteiger partial charge on any atom is -0.496 e. The number of rotatable bonds is 5. The van der Waals surface area contributed by atoms with Gasteiger partial charge in [-0.3, -0.25) is 14.5 Å². The zero-order valence-electron chi connectivity index (χ0n) is 14.9. The van der Waals surface area contributed by atoms with Crippen LogP contribution < -0.4 is 10.1 Å². The molecule has 1 aliphatic heterocycles. The number of urea groups is 1. The molecule has 2 aromatic carbocycles. The topological polar surface area (TPSA) is 75.7 Å². The van der Waals surface area contributed by atoms with E-state index >= 15 is 0 Å². The van der Waals surface area contributed by atoms with Gasteiger partial charge >= 0.3 is 6.03 Å². The van der Waals surface area contributed by atoms with E-state index in [0.29, 0.717) is 4.90 Å². The summed E-state index contributed by atoms with van der Waals surface area (Å²) >= 11 is 0. The fourth-order valence-corrected chi connectivity index (χ4v) is 3.03. The standard InChI is InChI=1S/C19H15F3N2O4/c1-19(13-8-11(21)3-5-14(13)22)17(26)24(18(27)23-19)9-15(25)12-7-10(20)4-6-16(12)28-2/h3-8H,9H2,1-2H3,(H,23,27)/t19-/m1/s1. The lowest BCUT2D eigenvalue weighted by molar-refractivity contribution is -0.130. The van der Waals surface area contributed by atoms with Crippen LogP contribution in [-0.4, -0.2) is 36.3 Å². The highest BCUT2D eigenvalue weighted by Gasteiger charge is 2.51. The molecule has 3 amide bonds. The number of halogens is 3. The second-order valence-corrected chi connectivity index (χ2v) is 6.34. The van der Waals surface area contributed by atoms with E-state index in [1.807, 2.05) is 0 Å². The number of nitrogens with zero attached hydrogens (tertiary/aromatic N) is 1. The van der Waals surface area contributed by atoms with Gasteiger partial charge in [-0.05, 0) is 43.3 Å². The molecule has 2 aromatic rings. The van der Waals surface area contributed by atoms with Gasteiger partial charge in [-0.1, -0.05) is 0 Å². The van der Waals surface area contributed by atoms with Gasteiger partial charge in [0, 0.05) is 5.56 Å². The second kappa shape index (κ2) is 6.99. The third-order valence-corrected chi connectivity index (χ3v) is 4.51. The van der Waals surface area contributed by atoms with E-state index in [0.717, 1.165) is 30.3 Å². The predicted octanol–water partition coefficient (Wildman–Crippen LogP) is 2.76. The Bertz CT molecular complexity index is 995. The van der Waals surface area contributed by atoms with Gasteiger partial charge in [-0.15, -0.1) is 0 Å². The Morgan fingerprint density at radius 3 is 2.43 bits per heavy atom. The summed E-state index contributed by atoms with van der Waals surface area (Å²) in [7, 11) is 1.28. The number of amides is 3. The molecule has 0 unspecified atom stereocenters. The number of Topliss-reactive ketones (excluding diaryl/α,β-unsaturated/α-hetero) is 1. The van der Waals surface area contributed by atoms with Crippen LogP contribution in [0, 0.1) is 17.5 Å². The summed E-state index contributed by atoms with van der Waals surface area (Å²) in [5.74, 6) is -4.02. The molecule has 1 atom stereocenters. The SMILES string of the molecule is COc1ccc(F)cc1C(=O)CN1C(=O)N[C@](C)(c2cc(F)ccc2F)C1=O. The van der Waals surface area contributed by atoms with Gasteiger partial charge in [0.15, 0.2) is 5.78 Å². The van der Waals surface area contributed by atoms with Crippen molar-refractivity contribution in [3.63, 3.8) is 0 Å². The fraction of sp³-hybridized carbons (Fsp3) is 0.211. The van der Waals surface area contributed by atoms with Gasteiger partial charge < -0.3 is 10.1 Å². The fourth-order valence-electron chi connectivity index (χ4n) is 3.03. The number of methoxy groups -OCH3 is 1. The average molecular weight is 392 g/mol. The summed E-state index contributed by atoms with van der Waals surface area (Å²) < 4.78 is 46.2. The molecule has 1 heterocycles. The van der Waals surface area contributed by atoms with Crippen molar-refractivity contribution >= 4 is 17.7 Å². The van der Waals surface area contributed by atoms with Gasteiger partial charge in [-0.25, -0.2) is 18.0 Å². The summed E-state index contributed by atoms with van der Waals surface area (Å²) in [4.78, 5) is 38.2. The molecule has 1 saturated heterocycles. The van der Waals surface area contributed by atoms with Crippen molar-refractivity contribution in [1.82, 2.24) is 10.2 Å². The number of hydrogen-bond donors (Lipinski definition) is 1. The molecule has 0 spiro atoms. The lowest BCUT2D eigenvalue weighted by atomic mass is 9.91. The molecule has 146 valence electrons. The number of nitrogens with one attached hydrogen (secondary N) is 1. The number of carbonyl (C=O) groups excluding carboxylic acids is 3. The smallest absolute Gasteiger partial charge is 0.325 e. The highest BCUT2D eigenvalue weighted by molar-refractivity contribution is 6.11. The van der Waals surface area contributed by atoms with Gasteiger partial charge in [0.05, 0.1) is 19.2 Å². The van der Waals surface area contributed by atoms with Crippen molar-refractivity contribution in [2.75, 3.05) is 13.7 Å². The van der Waals surface area contributed by atoms with Crippen LogP contribution in [0.25, 0.3) is 0 Å². The normalized spacial score (nSPS) is 19.0. The summed E-state index contributed by atoms with van der Waals surface area (Å²) in [6.45, 7) is 0.481. The highest BCUT2D eigenvalue weighted by atomic mass is 19.1. The molecular formula is C19H15F3N2O4. The van der Waals surface area contributed by atoms with Crippen molar-refractivity contribution in [1.29, 1.82) is 0 Å². The van der Waals surface area contributed by atoms with Crippen LogP contribution in [0.5, 0.6) is 5.75 Å². The van der Waals surface area contributed by atoms with Crippen LogP contribution in [0.4, 0.5) is 18.0 Å². The van der Waals surface area contributed by atoms with E-state index in [4.69, 9.17) is 4.74 Å². The Hall–Kier alpha value is -3.36. The number of carbonyl (C=O) groups is 3. The van der Waals surface area contributed by atoms with Crippen molar-refractivity contribution in [2.24, 2.45) is 0 Å². The lowest BCUT2D eigenvalue weighted by Gasteiger charge is -2.22. The van der Waals surface area contributed by atoms with Gasteiger partial charge in [0.25, 0.3) is 5.91 Å². The monoisotopic (exact) mass is 392 g/mol. The maximum Gasteiger partial charge on any atom is 0.325 e. The summed E-state index contributed by atoms with van der Waals surface area (Å²) in [6.07, 6.45) is 0. The van der Waals surface area contributed by atoms with Crippen LogP contribution in [0.3, 0.4) is 0 Å². The summed E-state index contributed by atoms with van der Waals surface area (Å²) in [5.41, 5.74) is -2.42. The minimum absolute atomic E-state index is 0.0670. The Morgan fingerprint density at radius 2 is 1.75 bits per heavy atom. The maximum atomic E-state index is 14.2. The van der Waals surface area contributed by atoms with Gasteiger partial charge in [0.1, 0.15) is 28.7 Å². The Labute approximate surface area is 157 Å². The molecule has 0 bridgehead atoms. The largest absolute Gasteiger partial charge is 0.496 e. The average Bonchev–Trinajstić information content (AvgIpc) is 2.87. The minimum atomic E-state index is -1.89. The van der Waals surface area contributed by atoms with Crippen LogP contribution in [0.15, 0.2) is 36.4 Å². The van der Waals surface area contributed by atoms with Crippen LogP contribution in [0.2, 0.25) is 0 Å². The van der Waals surface area contributed by atoms with Crippen molar-refractivity contribution in [3.05, 3.63) is 65.0 Å². The molecule has 1 fully saturated rings. The van der Waals surface area contributed by atoms with E-state index in [1.165, 1.54) is 20.1 Å². The molecule has 6 nitrogen and oxygen atoms in total. The number of ether oxygens (including phenoxy) is 1. The summed E-state index contributed by atoms with van der Waals surface area (Å²) in [6, 6.07) is 4.80. The third-order valence-electron chi connectivity index (χ3n) is 4.51. The van der Waals surface area contributed by atoms with E-state index in [9.17, 15) is 27.6 Å². The van der Waals surface area contributed by atoms with Crippen molar-refractivity contribution < 1.29 is 32.3 Å². The van der Waals surface area contributed by atoms with E-state index in [1.54, 1.807) is 0 Å². The van der Waals surface area contributed by atoms with E-state index in [2.05, 4.69) is 5.32 Å². The summed E-state index contributed by atoms with van der Waals surface area (Å²) in [5, 5.41) is 2.28. The Morgan fingerprint density at radius 1 is 1.11 bits per heavy atom. The molecule has 0 radical (unpaired) electrons. The molecular weight excluding hydrogens is 377 g/mol. The van der Waals surface area contributed by atoms with Crippen LogP contribution >= 0.6 is 0 Å². The van der Waals surface area contributed by atoms with Gasteiger partial charge in [0.2, 0.25) is 0 Å². The maximum absolute atomic E-state index is 14.2. The molecule has 9 heteroatoms.